The van der Waals surface area contributed by atoms with Gasteiger partial charge in [-0.25, -0.2) is 13.8 Å². The number of hydrogen-bond donors (Lipinski definition) is 4. The first-order valence-corrected chi connectivity index (χ1v) is 15.8. The first kappa shape index (κ1) is 29.9. The van der Waals surface area contributed by atoms with Crippen molar-refractivity contribution in [3.05, 3.63) is 78.3 Å². The van der Waals surface area contributed by atoms with E-state index in [1.54, 1.807) is 24.5 Å². The minimum absolute atomic E-state index is 0.328. The second-order valence-corrected chi connectivity index (χ2v) is 12.4. The van der Waals surface area contributed by atoms with Gasteiger partial charge in [-0.15, -0.1) is 0 Å². The minimum Gasteiger partial charge on any atom is -0.384 e. The van der Waals surface area contributed by atoms with Crippen molar-refractivity contribution in [3.8, 4) is 33.9 Å². The molecule has 0 bridgehead atoms. The van der Waals surface area contributed by atoms with Crippen LogP contribution in [0.5, 0.6) is 0 Å². The van der Waals surface area contributed by atoms with Crippen molar-refractivity contribution >= 4 is 27.6 Å². The van der Waals surface area contributed by atoms with Gasteiger partial charge in [0.15, 0.2) is 5.82 Å². The molecule has 11 heteroatoms. The number of anilines is 1. The van der Waals surface area contributed by atoms with Crippen LogP contribution in [0.25, 0.3) is 55.8 Å². The molecule has 236 valence electrons. The van der Waals surface area contributed by atoms with Gasteiger partial charge in [-0.1, -0.05) is 12.8 Å². The van der Waals surface area contributed by atoms with E-state index in [9.17, 15) is 4.39 Å². The Kier molecular flexibility index (Phi) is 8.42. The molecule has 4 aromatic heterocycles. The SMILES string of the molecule is CN(C)CCNc1cc(F)cc(-c2nccc3[nH]c(-c4n[nH]c5ccc(-c6cncc(CNCC7CCCC7)c6)c(F)c45)nc23)c1. The highest BCUT2D eigenvalue weighted by atomic mass is 19.1. The number of nitrogens with zero attached hydrogens (tertiary/aromatic N) is 5. The first-order chi connectivity index (χ1) is 22.4. The number of aromatic nitrogens is 6. The van der Waals surface area contributed by atoms with Gasteiger partial charge in [0.2, 0.25) is 0 Å². The third-order valence-corrected chi connectivity index (χ3v) is 8.69. The highest BCUT2D eigenvalue weighted by Gasteiger charge is 2.21. The van der Waals surface area contributed by atoms with E-state index in [-0.39, 0.29) is 5.82 Å². The molecule has 1 aliphatic rings. The van der Waals surface area contributed by atoms with Crippen LogP contribution in [0.15, 0.2) is 61.1 Å². The molecule has 0 atom stereocenters. The molecular formula is C35H37F2N9. The maximum atomic E-state index is 16.4. The summed E-state index contributed by atoms with van der Waals surface area (Å²) in [4.78, 5) is 19.1. The second-order valence-electron chi connectivity index (χ2n) is 12.4. The number of fused-ring (bicyclic) bond motifs is 2. The maximum Gasteiger partial charge on any atom is 0.159 e. The van der Waals surface area contributed by atoms with Gasteiger partial charge in [0, 0.05) is 60.6 Å². The zero-order valence-electron chi connectivity index (χ0n) is 26.0. The molecule has 0 aliphatic heterocycles. The number of H-pyrrole nitrogens is 2. The molecular weight excluding hydrogens is 584 g/mol. The third kappa shape index (κ3) is 6.20. The normalized spacial score (nSPS) is 13.8. The number of likely N-dealkylation sites (N-methyl/N-ethyl adjacent to an activating group) is 1. The summed E-state index contributed by atoms with van der Waals surface area (Å²) in [6.45, 7) is 3.15. The number of aromatic amines is 2. The van der Waals surface area contributed by atoms with Crippen molar-refractivity contribution < 1.29 is 8.78 Å². The molecule has 7 rings (SSSR count). The Morgan fingerprint density at radius 3 is 2.67 bits per heavy atom. The fraction of sp³-hybridized carbons (Fsp3) is 0.314. The number of rotatable bonds is 11. The monoisotopic (exact) mass is 621 g/mol. The summed E-state index contributed by atoms with van der Waals surface area (Å²) in [6.07, 6.45) is 10.4. The quantitative estimate of drug-likeness (QED) is 0.127. The largest absolute Gasteiger partial charge is 0.384 e. The molecule has 4 N–H and O–H groups in total. The molecule has 0 unspecified atom stereocenters. The smallest absolute Gasteiger partial charge is 0.159 e. The standard InChI is InChI=1S/C35H37F2N9/c1-46(2)12-11-40-26-15-23(14-25(36)16-26)32-33-29(9-10-41-32)42-35(43-33)34-30-28(44-45-34)8-7-27(31(30)37)24-13-22(19-39-20-24)18-38-17-21-5-3-4-6-21/h7-10,13-16,19-21,38,40H,3-6,11-12,17-18H2,1-2H3,(H,42,43)(H,44,45). The van der Waals surface area contributed by atoms with Gasteiger partial charge in [0.05, 0.1) is 22.1 Å². The summed E-state index contributed by atoms with van der Waals surface area (Å²) < 4.78 is 31.1. The number of nitrogens with one attached hydrogen (secondary N) is 4. The molecule has 4 heterocycles. The Morgan fingerprint density at radius 2 is 1.83 bits per heavy atom. The van der Waals surface area contributed by atoms with E-state index in [4.69, 9.17) is 4.98 Å². The number of hydrogen-bond acceptors (Lipinski definition) is 7. The van der Waals surface area contributed by atoms with Gasteiger partial charge in [-0.2, -0.15) is 5.10 Å². The Bertz CT molecular complexity index is 1990. The Morgan fingerprint density at radius 1 is 0.957 bits per heavy atom. The van der Waals surface area contributed by atoms with Gasteiger partial charge in [0.25, 0.3) is 0 Å². The average molecular weight is 622 g/mol. The van der Waals surface area contributed by atoms with Crippen LogP contribution in [0.3, 0.4) is 0 Å². The Labute approximate surface area is 265 Å². The highest BCUT2D eigenvalue weighted by molar-refractivity contribution is 5.98. The number of pyridine rings is 2. The molecule has 2 aromatic carbocycles. The third-order valence-electron chi connectivity index (χ3n) is 8.69. The Hall–Kier alpha value is -4.74. The molecule has 0 saturated heterocycles. The van der Waals surface area contributed by atoms with Crippen LogP contribution in [-0.2, 0) is 6.54 Å². The highest BCUT2D eigenvalue weighted by Crippen LogP contribution is 2.35. The summed E-state index contributed by atoms with van der Waals surface area (Å²) in [5.41, 5.74) is 6.02. The fourth-order valence-corrected chi connectivity index (χ4v) is 6.34. The van der Waals surface area contributed by atoms with E-state index in [0.717, 1.165) is 24.6 Å². The van der Waals surface area contributed by atoms with Gasteiger partial charge in [0.1, 0.15) is 22.8 Å². The number of benzene rings is 2. The zero-order chi connectivity index (χ0) is 31.6. The second kappa shape index (κ2) is 12.9. The zero-order valence-corrected chi connectivity index (χ0v) is 26.0. The molecule has 0 radical (unpaired) electrons. The van der Waals surface area contributed by atoms with E-state index in [1.165, 1.54) is 37.8 Å². The van der Waals surface area contributed by atoms with Gasteiger partial charge >= 0.3 is 0 Å². The van der Waals surface area contributed by atoms with E-state index < -0.39 is 5.82 Å². The Balaban J connectivity index is 1.20. The average Bonchev–Trinajstić information content (AvgIpc) is 3.81. The molecule has 9 nitrogen and oxygen atoms in total. The van der Waals surface area contributed by atoms with Crippen molar-refractivity contribution in [1.82, 2.24) is 40.3 Å². The van der Waals surface area contributed by atoms with Crippen molar-refractivity contribution in [2.75, 3.05) is 39.0 Å². The summed E-state index contributed by atoms with van der Waals surface area (Å²) in [5.74, 6) is 0.337. The van der Waals surface area contributed by atoms with Gasteiger partial charge in [-0.05, 0) is 87.4 Å². The van der Waals surface area contributed by atoms with Crippen LogP contribution < -0.4 is 10.6 Å². The minimum atomic E-state index is -0.406. The van der Waals surface area contributed by atoms with Crippen LogP contribution in [0.1, 0.15) is 31.2 Å². The van der Waals surface area contributed by atoms with Crippen molar-refractivity contribution in [1.29, 1.82) is 0 Å². The maximum absolute atomic E-state index is 16.4. The topological polar surface area (TPSA) is 110 Å². The van der Waals surface area contributed by atoms with Gasteiger partial charge < -0.3 is 20.5 Å². The van der Waals surface area contributed by atoms with Crippen molar-refractivity contribution in [3.63, 3.8) is 0 Å². The number of halogens is 2. The van der Waals surface area contributed by atoms with Crippen LogP contribution >= 0.6 is 0 Å². The summed E-state index contributed by atoms with van der Waals surface area (Å²) in [6, 6.07) is 12.1. The fourth-order valence-electron chi connectivity index (χ4n) is 6.34. The summed E-state index contributed by atoms with van der Waals surface area (Å²) in [5, 5.41) is 14.6. The predicted octanol–water partition coefficient (Wildman–Crippen LogP) is 6.76. The van der Waals surface area contributed by atoms with Crippen LogP contribution in [-0.4, -0.2) is 68.8 Å². The van der Waals surface area contributed by atoms with E-state index in [0.29, 0.717) is 74.6 Å². The lowest BCUT2D eigenvalue weighted by Gasteiger charge is -2.12. The van der Waals surface area contributed by atoms with Crippen LogP contribution in [0.4, 0.5) is 14.5 Å². The molecule has 0 amide bonds. The molecule has 46 heavy (non-hydrogen) atoms. The molecule has 1 saturated carbocycles. The van der Waals surface area contributed by atoms with E-state index >= 15 is 4.39 Å². The molecule has 1 fully saturated rings. The van der Waals surface area contributed by atoms with E-state index in [1.807, 2.05) is 38.5 Å². The van der Waals surface area contributed by atoms with Crippen molar-refractivity contribution in [2.24, 2.45) is 5.92 Å². The lowest BCUT2D eigenvalue weighted by molar-refractivity contribution is 0.425. The van der Waals surface area contributed by atoms with Crippen molar-refractivity contribution in [2.45, 2.75) is 32.2 Å². The lowest BCUT2D eigenvalue weighted by atomic mass is 10.0. The first-order valence-electron chi connectivity index (χ1n) is 15.8. The van der Waals surface area contributed by atoms with E-state index in [2.05, 4.69) is 40.7 Å². The predicted molar refractivity (Wildman–Crippen MR) is 178 cm³/mol. The lowest BCUT2D eigenvalue weighted by Crippen LogP contribution is -2.20. The summed E-state index contributed by atoms with van der Waals surface area (Å²) >= 11 is 0. The summed E-state index contributed by atoms with van der Waals surface area (Å²) in [7, 11) is 3.97. The van der Waals surface area contributed by atoms with Crippen LogP contribution in [0.2, 0.25) is 0 Å². The molecule has 0 spiro atoms. The van der Waals surface area contributed by atoms with Crippen LogP contribution in [0, 0.1) is 17.6 Å². The van der Waals surface area contributed by atoms with Gasteiger partial charge in [-0.3, -0.25) is 15.1 Å². The number of imidazole rings is 1. The molecule has 6 aromatic rings. The molecule has 1 aliphatic carbocycles.